The first-order valence-corrected chi connectivity index (χ1v) is 8.17. The molecule has 6 heteroatoms. The molecule has 1 aromatic rings. The van der Waals surface area contributed by atoms with Crippen LogP contribution >= 0.6 is 0 Å². The van der Waals surface area contributed by atoms with Crippen molar-refractivity contribution in [3.05, 3.63) is 29.6 Å². The summed E-state index contributed by atoms with van der Waals surface area (Å²) in [6.45, 7) is 6.63. The van der Waals surface area contributed by atoms with Gasteiger partial charge in [-0.2, -0.15) is 5.10 Å². The predicted octanol–water partition coefficient (Wildman–Crippen LogP) is 1.91. The molecule has 0 unspecified atom stereocenters. The molecule has 0 aliphatic heterocycles. The quantitative estimate of drug-likeness (QED) is 0.813. The van der Waals surface area contributed by atoms with Gasteiger partial charge in [0.15, 0.2) is 0 Å². The Morgan fingerprint density at radius 1 is 1.39 bits per heavy atom. The van der Waals surface area contributed by atoms with Crippen LogP contribution in [0.15, 0.2) is 18.3 Å². The molecular weight excluding hydrogens is 294 g/mol. The van der Waals surface area contributed by atoms with Crippen molar-refractivity contribution >= 4 is 11.9 Å². The molecule has 2 N–H and O–H groups in total. The fourth-order valence-electron chi connectivity index (χ4n) is 4.02. The predicted molar refractivity (Wildman–Crippen MR) is 84.5 cm³/mol. The highest BCUT2D eigenvalue weighted by molar-refractivity contribution is 5.87. The molecule has 1 fully saturated rings. The molecule has 0 aromatic carbocycles. The smallest absolute Gasteiger partial charge is 0.307 e. The van der Waals surface area contributed by atoms with Gasteiger partial charge in [-0.05, 0) is 39.0 Å². The first kappa shape index (κ1) is 15.8. The lowest BCUT2D eigenvalue weighted by atomic mass is 9.82. The number of carbonyl (C=O) groups is 2. The van der Waals surface area contributed by atoms with E-state index in [1.165, 1.54) is 0 Å². The zero-order valence-electron chi connectivity index (χ0n) is 13.7. The van der Waals surface area contributed by atoms with E-state index in [0.717, 1.165) is 24.2 Å². The number of nitrogens with zero attached hydrogens (tertiary/aromatic N) is 2. The molecule has 124 valence electrons. The number of carbonyl (C=O) groups excluding carboxylic acids is 1. The van der Waals surface area contributed by atoms with E-state index in [-0.39, 0.29) is 23.8 Å². The second kappa shape index (κ2) is 5.83. The third kappa shape index (κ3) is 2.66. The highest BCUT2D eigenvalue weighted by atomic mass is 16.4. The van der Waals surface area contributed by atoms with Crippen LogP contribution in [0.25, 0.3) is 0 Å². The number of rotatable bonds is 5. The van der Waals surface area contributed by atoms with Crippen LogP contribution in [0.1, 0.15) is 37.6 Å². The Balaban J connectivity index is 1.74. The lowest BCUT2D eigenvalue weighted by molar-refractivity contribution is -0.148. The lowest BCUT2D eigenvalue weighted by Gasteiger charge is -2.25. The van der Waals surface area contributed by atoms with Crippen molar-refractivity contribution in [2.24, 2.45) is 23.7 Å². The van der Waals surface area contributed by atoms with E-state index in [4.69, 9.17) is 0 Å². The SMILES string of the molecule is CCn1cc([C@H](C)NC(=O)[C@@H]2[C@@H](C(=O)O)[C@H]3C=C[C@H]2C3)c(C)n1. The van der Waals surface area contributed by atoms with Crippen LogP contribution in [0.3, 0.4) is 0 Å². The second-order valence-electron chi connectivity index (χ2n) is 6.59. The summed E-state index contributed by atoms with van der Waals surface area (Å²) in [4.78, 5) is 24.2. The van der Waals surface area contributed by atoms with Crippen molar-refractivity contribution in [1.82, 2.24) is 15.1 Å². The van der Waals surface area contributed by atoms with E-state index in [1.54, 1.807) is 0 Å². The van der Waals surface area contributed by atoms with Crippen molar-refractivity contribution in [3.8, 4) is 0 Å². The maximum Gasteiger partial charge on any atom is 0.307 e. The Bertz CT molecular complexity index is 664. The molecule has 2 aliphatic carbocycles. The van der Waals surface area contributed by atoms with E-state index < -0.39 is 17.8 Å². The summed E-state index contributed by atoms with van der Waals surface area (Å²) in [6.07, 6.45) is 6.66. The molecule has 1 saturated carbocycles. The van der Waals surface area contributed by atoms with E-state index >= 15 is 0 Å². The molecule has 1 heterocycles. The zero-order valence-corrected chi connectivity index (χ0v) is 13.7. The van der Waals surface area contributed by atoms with Crippen molar-refractivity contribution in [1.29, 1.82) is 0 Å². The lowest BCUT2D eigenvalue weighted by Crippen LogP contribution is -2.41. The van der Waals surface area contributed by atoms with Crippen molar-refractivity contribution < 1.29 is 14.7 Å². The maximum atomic E-state index is 12.7. The number of aliphatic carboxylic acids is 1. The molecule has 0 spiro atoms. The Labute approximate surface area is 135 Å². The van der Waals surface area contributed by atoms with Crippen LogP contribution < -0.4 is 5.32 Å². The van der Waals surface area contributed by atoms with Crippen molar-refractivity contribution in [2.75, 3.05) is 0 Å². The minimum atomic E-state index is -0.871. The van der Waals surface area contributed by atoms with Gasteiger partial charge >= 0.3 is 5.97 Å². The van der Waals surface area contributed by atoms with Crippen molar-refractivity contribution in [3.63, 3.8) is 0 Å². The number of hydrogen-bond donors (Lipinski definition) is 2. The average molecular weight is 317 g/mol. The Kier molecular flexibility index (Phi) is 4.00. The summed E-state index contributed by atoms with van der Waals surface area (Å²) < 4.78 is 1.84. The van der Waals surface area contributed by atoms with Crippen LogP contribution in [0.5, 0.6) is 0 Å². The number of aromatic nitrogens is 2. The number of aryl methyl sites for hydroxylation is 2. The third-order valence-corrected chi connectivity index (χ3v) is 5.18. The van der Waals surface area contributed by atoms with Gasteiger partial charge in [0, 0.05) is 18.3 Å². The van der Waals surface area contributed by atoms with E-state index in [0.29, 0.717) is 0 Å². The van der Waals surface area contributed by atoms with Gasteiger partial charge in [0.25, 0.3) is 0 Å². The largest absolute Gasteiger partial charge is 0.481 e. The monoisotopic (exact) mass is 317 g/mol. The first-order valence-electron chi connectivity index (χ1n) is 8.17. The summed E-state index contributed by atoms with van der Waals surface area (Å²) in [5.41, 5.74) is 1.87. The Morgan fingerprint density at radius 2 is 2.04 bits per heavy atom. The number of carboxylic acids is 1. The van der Waals surface area contributed by atoms with Crippen LogP contribution in [0.2, 0.25) is 0 Å². The maximum absolute atomic E-state index is 12.7. The highest BCUT2D eigenvalue weighted by Gasteiger charge is 2.51. The van der Waals surface area contributed by atoms with E-state index in [1.807, 2.05) is 43.8 Å². The number of nitrogens with one attached hydrogen (secondary N) is 1. The van der Waals surface area contributed by atoms with Gasteiger partial charge < -0.3 is 10.4 Å². The van der Waals surface area contributed by atoms with Gasteiger partial charge in [0.1, 0.15) is 0 Å². The molecule has 1 amide bonds. The molecule has 0 radical (unpaired) electrons. The number of allylic oxidation sites excluding steroid dienone is 2. The third-order valence-electron chi connectivity index (χ3n) is 5.18. The number of fused-ring (bicyclic) bond motifs is 2. The minimum absolute atomic E-state index is 0.00636. The summed E-state index contributed by atoms with van der Waals surface area (Å²) >= 11 is 0. The van der Waals surface area contributed by atoms with E-state index in [9.17, 15) is 14.7 Å². The van der Waals surface area contributed by atoms with E-state index in [2.05, 4.69) is 10.4 Å². The van der Waals surface area contributed by atoms with Gasteiger partial charge in [-0.15, -0.1) is 0 Å². The normalized spacial score (nSPS) is 29.7. The Morgan fingerprint density at radius 3 is 2.61 bits per heavy atom. The standard InChI is InChI=1S/C17H23N3O3/c1-4-20-8-13(10(3)19-20)9(2)18-16(21)14-11-5-6-12(7-11)15(14)17(22)23/h5-6,8-9,11-12,14-15H,4,7H2,1-3H3,(H,18,21)(H,22,23)/t9-,11-,12-,14-,15-/m0/s1. The van der Waals surface area contributed by atoms with Crippen LogP contribution in [-0.4, -0.2) is 26.8 Å². The molecule has 3 rings (SSSR count). The molecule has 2 bridgehead atoms. The fraction of sp³-hybridized carbons (Fsp3) is 0.588. The molecule has 23 heavy (non-hydrogen) atoms. The minimum Gasteiger partial charge on any atom is -0.481 e. The van der Waals surface area contributed by atoms with Gasteiger partial charge in [-0.3, -0.25) is 14.3 Å². The van der Waals surface area contributed by atoms with Crippen LogP contribution in [0, 0.1) is 30.6 Å². The van der Waals surface area contributed by atoms with Gasteiger partial charge in [-0.1, -0.05) is 12.2 Å². The molecule has 6 nitrogen and oxygen atoms in total. The average Bonchev–Trinajstić information content (AvgIpc) is 3.19. The van der Waals surface area contributed by atoms with Gasteiger partial charge in [0.05, 0.1) is 23.6 Å². The zero-order chi connectivity index (χ0) is 16.7. The summed E-state index contributed by atoms with van der Waals surface area (Å²) in [5.74, 6) is -2.06. The summed E-state index contributed by atoms with van der Waals surface area (Å²) in [7, 11) is 0. The molecule has 5 atom stereocenters. The first-order chi connectivity index (χ1) is 10.9. The Hall–Kier alpha value is -2.11. The van der Waals surface area contributed by atoms with Gasteiger partial charge in [0.2, 0.25) is 5.91 Å². The molecule has 0 saturated heterocycles. The summed E-state index contributed by atoms with van der Waals surface area (Å²) in [6, 6.07) is -0.180. The van der Waals surface area contributed by atoms with Crippen molar-refractivity contribution in [2.45, 2.75) is 39.8 Å². The van der Waals surface area contributed by atoms with Gasteiger partial charge in [-0.25, -0.2) is 0 Å². The molecular formula is C17H23N3O3. The molecule has 2 aliphatic rings. The number of amides is 1. The van der Waals surface area contributed by atoms with Crippen LogP contribution in [0.4, 0.5) is 0 Å². The highest BCUT2D eigenvalue weighted by Crippen LogP contribution is 2.48. The van der Waals surface area contributed by atoms with Crippen LogP contribution in [-0.2, 0) is 16.1 Å². The topological polar surface area (TPSA) is 84.2 Å². The number of hydrogen-bond acceptors (Lipinski definition) is 3. The molecule has 1 aromatic heterocycles. The number of carboxylic acid groups (broad SMARTS) is 1. The summed E-state index contributed by atoms with van der Waals surface area (Å²) in [5, 5.41) is 16.9. The second-order valence-corrected chi connectivity index (χ2v) is 6.59. The fourth-order valence-corrected chi connectivity index (χ4v) is 4.02.